The molecule has 3 rings (SSSR count). The molecule has 3 nitrogen and oxygen atoms in total. The van der Waals surface area contributed by atoms with Crippen LogP contribution in [-0.2, 0) is 10.0 Å². The summed E-state index contributed by atoms with van der Waals surface area (Å²) in [6.07, 6.45) is 6.02. The van der Waals surface area contributed by atoms with Crippen molar-refractivity contribution in [2.45, 2.75) is 49.5 Å². The maximum atomic E-state index is 13.4. The Morgan fingerprint density at radius 2 is 1.71 bits per heavy atom. The first-order valence-electron chi connectivity index (χ1n) is 7.47. The van der Waals surface area contributed by atoms with Crippen LogP contribution in [0.1, 0.15) is 38.5 Å². The van der Waals surface area contributed by atoms with Crippen molar-refractivity contribution in [1.29, 1.82) is 0 Å². The Balaban J connectivity index is 1.94. The highest BCUT2D eigenvalue weighted by atomic mass is 32.2. The van der Waals surface area contributed by atoms with Gasteiger partial charge in [0, 0.05) is 12.6 Å². The van der Waals surface area contributed by atoms with Crippen molar-refractivity contribution in [3.8, 4) is 0 Å². The third-order valence-corrected chi connectivity index (χ3v) is 6.61. The minimum Gasteiger partial charge on any atom is -0.207 e. The van der Waals surface area contributed by atoms with E-state index in [9.17, 15) is 17.2 Å². The maximum Gasteiger partial charge on any atom is 0.243 e. The molecule has 1 aliphatic heterocycles. The van der Waals surface area contributed by atoms with Gasteiger partial charge < -0.3 is 0 Å². The number of sulfonamides is 1. The second kappa shape index (κ2) is 5.65. The van der Waals surface area contributed by atoms with Crippen LogP contribution in [0.4, 0.5) is 8.78 Å². The zero-order valence-corrected chi connectivity index (χ0v) is 12.6. The summed E-state index contributed by atoms with van der Waals surface area (Å²) in [4.78, 5) is -0.146. The first-order valence-corrected chi connectivity index (χ1v) is 8.91. The molecule has 1 saturated carbocycles. The van der Waals surface area contributed by atoms with Crippen molar-refractivity contribution in [1.82, 2.24) is 4.31 Å². The van der Waals surface area contributed by atoms with E-state index in [0.717, 1.165) is 56.7 Å². The monoisotopic (exact) mass is 315 g/mol. The topological polar surface area (TPSA) is 37.4 Å². The lowest BCUT2D eigenvalue weighted by Crippen LogP contribution is -2.49. The SMILES string of the molecule is O=S(=O)(c1ccc(F)c(F)c1)N1CCC[C@H]2CCCC[C@@H]21. The summed E-state index contributed by atoms with van der Waals surface area (Å²) in [6.45, 7) is 0.475. The molecule has 1 aromatic rings. The van der Waals surface area contributed by atoms with Crippen LogP contribution in [0.15, 0.2) is 23.1 Å². The molecule has 0 bridgehead atoms. The molecule has 2 aliphatic rings. The van der Waals surface area contributed by atoms with Gasteiger partial charge in [-0.15, -0.1) is 0 Å². The molecule has 0 N–H and O–H groups in total. The minimum absolute atomic E-state index is 0.0191. The first-order chi connectivity index (χ1) is 10.00. The van der Waals surface area contributed by atoms with Crippen molar-refractivity contribution in [3.63, 3.8) is 0 Å². The molecule has 2 fully saturated rings. The van der Waals surface area contributed by atoms with Gasteiger partial charge in [0.2, 0.25) is 10.0 Å². The summed E-state index contributed by atoms with van der Waals surface area (Å²) in [7, 11) is -3.75. The second-order valence-corrected chi connectivity index (χ2v) is 7.84. The molecule has 6 heteroatoms. The molecule has 1 saturated heterocycles. The van der Waals surface area contributed by atoms with Crippen molar-refractivity contribution in [3.05, 3.63) is 29.8 Å². The van der Waals surface area contributed by atoms with Gasteiger partial charge in [0.15, 0.2) is 11.6 Å². The lowest BCUT2D eigenvalue weighted by molar-refractivity contribution is 0.129. The number of rotatable bonds is 2. The van der Waals surface area contributed by atoms with Crippen molar-refractivity contribution in [2.24, 2.45) is 5.92 Å². The van der Waals surface area contributed by atoms with Gasteiger partial charge in [-0.2, -0.15) is 4.31 Å². The van der Waals surface area contributed by atoms with Crippen LogP contribution in [-0.4, -0.2) is 25.3 Å². The van der Waals surface area contributed by atoms with Crippen molar-refractivity contribution < 1.29 is 17.2 Å². The fourth-order valence-corrected chi connectivity index (χ4v) is 5.42. The minimum atomic E-state index is -3.75. The van der Waals surface area contributed by atoms with E-state index in [1.165, 1.54) is 4.31 Å². The van der Waals surface area contributed by atoms with Gasteiger partial charge in [-0.05, 0) is 49.8 Å². The summed E-state index contributed by atoms with van der Waals surface area (Å²) < 4.78 is 53.4. The van der Waals surface area contributed by atoms with Gasteiger partial charge >= 0.3 is 0 Å². The number of hydrogen-bond acceptors (Lipinski definition) is 2. The molecule has 1 heterocycles. The van der Waals surface area contributed by atoms with Gasteiger partial charge in [0.25, 0.3) is 0 Å². The molecular formula is C15H19F2NO2S. The number of fused-ring (bicyclic) bond motifs is 1. The summed E-state index contributed by atoms with van der Waals surface area (Å²) in [5, 5.41) is 0. The van der Waals surface area contributed by atoms with Crippen molar-refractivity contribution in [2.75, 3.05) is 6.54 Å². The van der Waals surface area contributed by atoms with Crippen LogP contribution in [0.2, 0.25) is 0 Å². The predicted octanol–water partition coefficient (Wildman–Crippen LogP) is 3.31. The van der Waals surface area contributed by atoms with E-state index in [1.54, 1.807) is 0 Å². The van der Waals surface area contributed by atoms with Crippen LogP contribution < -0.4 is 0 Å². The Morgan fingerprint density at radius 1 is 1.00 bits per heavy atom. The fourth-order valence-electron chi connectivity index (χ4n) is 3.65. The summed E-state index contributed by atoms with van der Waals surface area (Å²) >= 11 is 0. The lowest BCUT2D eigenvalue weighted by Gasteiger charge is -2.43. The number of benzene rings is 1. The number of hydrogen-bond donors (Lipinski definition) is 0. The molecule has 0 amide bonds. The summed E-state index contributed by atoms with van der Waals surface area (Å²) in [5.41, 5.74) is 0. The van der Waals surface area contributed by atoms with E-state index < -0.39 is 21.7 Å². The Morgan fingerprint density at radius 3 is 2.48 bits per heavy atom. The Labute approximate surface area is 124 Å². The Bertz CT molecular complexity index is 631. The van der Waals surface area contributed by atoms with Gasteiger partial charge in [-0.3, -0.25) is 0 Å². The third kappa shape index (κ3) is 2.71. The molecule has 0 unspecified atom stereocenters. The van der Waals surface area contributed by atoms with E-state index >= 15 is 0 Å². The van der Waals surface area contributed by atoms with E-state index in [4.69, 9.17) is 0 Å². The van der Waals surface area contributed by atoms with Gasteiger partial charge in [-0.1, -0.05) is 12.8 Å². The Kier molecular flexibility index (Phi) is 4.01. The highest BCUT2D eigenvalue weighted by Gasteiger charge is 2.40. The molecule has 0 aromatic heterocycles. The highest BCUT2D eigenvalue weighted by molar-refractivity contribution is 7.89. The standard InChI is InChI=1S/C15H19F2NO2S/c16-13-8-7-12(10-14(13)17)21(19,20)18-9-3-5-11-4-1-2-6-15(11)18/h7-8,10-11,15H,1-6,9H2/t11-,15+/m1/s1. The van der Waals surface area contributed by atoms with Gasteiger partial charge in [-0.25, -0.2) is 17.2 Å². The molecule has 1 aliphatic carbocycles. The van der Waals surface area contributed by atoms with E-state index in [-0.39, 0.29) is 10.9 Å². The van der Waals surface area contributed by atoms with Crippen molar-refractivity contribution >= 4 is 10.0 Å². The third-order valence-electron chi connectivity index (χ3n) is 4.69. The number of piperidine rings is 1. The maximum absolute atomic E-state index is 13.4. The second-order valence-electron chi connectivity index (χ2n) is 5.95. The van der Waals surface area contributed by atoms with Crippen LogP contribution in [0.3, 0.4) is 0 Å². The molecule has 1 aromatic carbocycles. The van der Waals surface area contributed by atoms with Crippen LogP contribution in [0, 0.1) is 17.6 Å². The lowest BCUT2D eigenvalue weighted by atomic mass is 9.79. The summed E-state index contributed by atoms with van der Waals surface area (Å²) in [5.74, 6) is -1.73. The smallest absolute Gasteiger partial charge is 0.207 e. The molecule has 0 radical (unpaired) electrons. The normalized spacial score (nSPS) is 27.3. The van der Waals surface area contributed by atoms with E-state index in [1.807, 2.05) is 0 Å². The average Bonchev–Trinajstić information content (AvgIpc) is 2.49. The zero-order valence-electron chi connectivity index (χ0n) is 11.8. The van der Waals surface area contributed by atoms with Gasteiger partial charge in [0.05, 0.1) is 4.90 Å². The van der Waals surface area contributed by atoms with E-state index in [0.29, 0.717) is 12.5 Å². The molecule has 21 heavy (non-hydrogen) atoms. The van der Waals surface area contributed by atoms with Gasteiger partial charge in [0.1, 0.15) is 0 Å². The predicted molar refractivity (Wildman–Crippen MR) is 75.2 cm³/mol. The van der Waals surface area contributed by atoms with E-state index in [2.05, 4.69) is 0 Å². The Hall–Kier alpha value is -1.01. The molecular weight excluding hydrogens is 296 g/mol. The number of nitrogens with zero attached hydrogens (tertiary/aromatic N) is 1. The van der Waals surface area contributed by atoms with Crippen LogP contribution in [0.25, 0.3) is 0 Å². The molecule has 116 valence electrons. The number of halogens is 2. The molecule has 0 spiro atoms. The average molecular weight is 315 g/mol. The first kappa shape index (κ1) is 14.9. The largest absolute Gasteiger partial charge is 0.243 e. The fraction of sp³-hybridized carbons (Fsp3) is 0.600. The zero-order chi connectivity index (χ0) is 15.0. The van der Waals surface area contributed by atoms with Crippen LogP contribution in [0.5, 0.6) is 0 Å². The molecule has 2 atom stereocenters. The highest BCUT2D eigenvalue weighted by Crippen LogP contribution is 2.38. The van der Waals surface area contributed by atoms with Crippen LogP contribution >= 0.6 is 0 Å². The summed E-state index contributed by atoms with van der Waals surface area (Å²) in [6, 6.07) is 2.84. The quantitative estimate of drug-likeness (QED) is 0.839.